The van der Waals surface area contributed by atoms with E-state index in [2.05, 4.69) is 22.1 Å². The molecule has 2 aliphatic rings. The normalized spacial score (nSPS) is 16.5. The molecular formula is C30H36N2O5. The average Bonchev–Trinajstić information content (AvgIpc) is 3.62. The van der Waals surface area contributed by atoms with E-state index < -0.39 is 0 Å². The van der Waals surface area contributed by atoms with Gasteiger partial charge in [0.25, 0.3) is 0 Å². The molecule has 7 heteroatoms. The van der Waals surface area contributed by atoms with Gasteiger partial charge < -0.3 is 19.5 Å². The molecule has 0 aromatic heterocycles. The van der Waals surface area contributed by atoms with Gasteiger partial charge in [-0.15, -0.1) is 0 Å². The summed E-state index contributed by atoms with van der Waals surface area (Å²) in [5.74, 6) is 7.07. The molecule has 0 unspecified atom stereocenters. The second-order valence-electron chi connectivity index (χ2n) is 9.65. The molecule has 2 aromatic carbocycles. The Morgan fingerprint density at radius 1 is 1.00 bits per heavy atom. The lowest BCUT2D eigenvalue weighted by molar-refractivity contribution is -0.140. The zero-order chi connectivity index (χ0) is 26.0. The first-order valence-corrected chi connectivity index (χ1v) is 13.1. The number of carbonyl (C=O) groups is 2. The summed E-state index contributed by atoms with van der Waals surface area (Å²) >= 11 is 0. The number of hydrogen-bond acceptors (Lipinski definition) is 6. The van der Waals surface area contributed by atoms with E-state index in [0.29, 0.717) is 18.0 Å². The fourth-order valence-electron chi connectivity index (χ4n) is 4.84. The van der Waals surface area contributed by atoms with E-state index in [9.17, 15) is 9.59 Å². The Morgan fingerprint density at radius 2 is 1.73 bits per heavy atom. The molecule has 1 saturated carbocycles. The Hall–Kier alpha value is -3.50. The molecule has 0 spiro atoms. The number of esters is 1. The average molecular weight is 505 g/mol. The highest BCUT2D eigenvalue weighted by atomic mass is 16.5. The van der Waals surface area contributed by atoms with Crippen LogP contribution in [0.15, 0.2) is 42.5 Å². The third-order valence-electron chi connectivity index (χ3n) is 6.91. The van der Waals surface area contributed by atoms with Gasteiger partial charge in [-0.25, -0.2) is 0 Å². The minimum absolute atomic E-state index is 0.00555. The van der Waals surface area contributed by atoms with Crippen molar-refractivity contribution in [2.45, 2.75) is 57.0 Å². The number of likely N-dealkylation sites (tertiary alicyclic amines) is 1. The van der Waals surface area contributed by atoms with Crippen molar-refractivity contribution in [2.75, 3.05) is 39.2 Å². The molecule has 1 aliphatic carbocycles. The first kappa shape index (κ1) is 26.6. The molecule has 1 aliphatic heterocycles. The Labute approximate surface area is 219 Å². The lowest BCUT2D eigenvalue weighted by Crippen LogP contribution is -2.30. The third-order valence-corrected chi connectivity index (χ3v) is 6.91. The van der Waals surface area contributed by atoms with Gasteiger partial charge in [0.15, 0.2) is 11.5 Å². The van der Waals surface area contributed by atoms with Gasteiger partial charge >= 0.3 is 5.97 Å². The molecule has 1 heterocycles. The van der Waals surface area contributed by atoms with Crippen LogP contribution in [0.1, 0.15) is 62.0 Å². The van der Waals surface area contributed by atoms with Crippen molar-refractivity contribution in [3.8, 4) is 23.3 Å². The van der Waals surface area contributed by atoms with E-state index in [4.69, 9.17) is 14.2 Å². The maximum Gasteiger partial charge on any atom is 0.307 e. The van der Waals surface area contributed by atoms with Gasteiger partial charge in [0.1, 0.15) is 0 Å². The first-order valence-electron chi connectivity index (χ1n) is 13.1. The highest BCUT2D eigenvalue weighted by Gasteiger charge is 2.21. The highest BCUT2D eigenvalue weighted by Crippen LogP contribution is 2.35. The fraction of sp³-hybridized carbons (Fsp3) is 0.467. The van der Waals surface area contributed by atoms with Crippen molar-refractivity contribution in [1.29, 1.82) is 0 Å². The summed E-state index contributed by atoms with van der Waals surface area (Å²) in [4.78, 5) is 26.6. The number of amides is 1. The maximum absolute atomic E-state index is 12.3. The van der Waals surface area contributed by atoms with Gasteiger partial charge in [-0.2, -0.15) is 0 Å². The van der Waals surface area contributed by atoms with E-state index in [1.807, 2.05) is 42.5 Å². The second-order valence-corrected chi connectivity index (χ2v) is 9.65. The fourth-order valence-corrected chi connectivity index (χ4v) is 4.84. The number of benzene rings is 2. The number of hydrogen-bond donors (Lipinski definition) is 1. The number of ether oxygens (including phenoxy) is 3. The molecule has 2 aromatic rings. The number of methoxy groups -OCH3 is 2. The van der Waals surface area contributed by atoms with Crippen LogP contribution in [0.2, 0.25) is 0 Å². The zero-order valence-corrected chi connectivity index (χ0v) is 21.8. The summed E-state index contributed by atoms with van der Waals surface area (Å²) in [7, 11) is 3.01. The number of nitrogens with zero attached hydrogens (tertiary/aromatic N) is 1. The molecule has 1 saturated heterocycles. The summed E-state index contributed by atoms with van der Waals surface area (Å²) in [6.07, 6.45) is 7.04. The van der Waals surface area contributed by atoms with Crippen molar-refractivity contribution in [3.05, 3.63) is 53.6 Å². The number of carbonyl (C=O) groups excluding carboxylic acids is 2. The molecule has 0 radical (unpaired) electrons. The molecule has 4 rings (SSSR count). The Morgan fingerprint density at radius 3 is 2.41 bits per heavy atom. The first-order chi connectivity index (χ1) is 18.0. The van der Waals surface area contributed by atoms with Crippen LogP contribution in [0.3, 0.4) is 0 Å². The van der Waals surface area contributed by atoms with Crippen LogP contribution in [0, 0.1) is 11.8 Å². The smallest absolute Gasteiger partial charge is 0.307 e. The second kappa shape index (κ2) is 13.2. The van der Waals surface area contributed by atoms with Crippen molar-refractivity contribution in [1.82, 2.24) is 4.90 Å². The van der Waals surface area contributed by atoms with E-state index in [1.165, 1.54) is 20.0 Å². The zero-order valence-electron chi connectivity index (χ0n) is 21.8. The Bertz CT molecular complexity index is 1120. The van der Waals surface area contributed by atoms with Crippen molar-refractivity contribution < 1.29 is 23.8 Å². The van der Waals surface area contributed by atoms with Crippen molar-refractivity contribution in [2.24, 2.45) is 0 Å². The summed E-state index contributed by atoms with van der Waals surface area (Å²) in [6.45, 7) is 2.39. The Balaban J connectivity index is 1.47. The minimum Gasteiger partial charge on any atom is -0.493 e. The van der Waals surface area contributed by atoms with Gasteiger partial charge in [0.2, 0.25) is 5.91 Å². The SMILES string of the molecule is COC(=O)C[C@H](C#Cc1ccc(NC(=O)CN2CCCC2)cc1)c1ccc(OC)c(OC2CCCC2)c1. The highest BCUT2D eigenvalue weighted by molar-refractivity contribution is 5.92. The van der Waals surface area contributed by atoms with Crippen LogP contribution in [-0.2, 0) is 14.3 Å². The summed E-state index contributed by atoms with van der Waals surface area (Å²) < 4.78 is 16.7. The lowest BCUT2D eigenvalue weighted by Gasteiger charge is -2.18. The number of rotatable bonds is 9. The molecule has 7 nitrogen and oxygen atoms in total. The predicted octanol–water partition coefficient (Wildman–Crippen LogP) is 4.75. The van der Waals surface area contributed by atoms with Crippen LogP contribution in [-0.4, -0.2) is 56.7 Å². The van der Waals surface area contributed by atoms with Crippen LogP contribution >= 0.6 is 0 Å². The Kier molecular flexibility index (Phi) is 9.45. The molecular weight excluding hydrogens is 468 g/mol. The maximum atomic E-state index is 12.3. The van der Waals surface area contributed by atoms with Gasteiger partial charge in [0, 0.05) is 11.3 Å². The van der Waals surface area contributed by atoms with E-state index in [0.717, 1.165) is 55.6 Å². The largest absolute Gasteiger partial charge is 0.493 e. The molecule has 0 bridgehead atoms. The monoisotopic (exact) mass is 504 g/mol. The number of nitrogens with one attached hydrogen (secondary N) is 1. The molecule has 1 amide bonds. The summed E-state index contributed by atoms with van der Waals surface area (Å²) in [5, 5.41) is 2.95. The van der Waals surface area contributed by atoms with E-state index in [1.54, 1.807) is 7.11 Å². The molecule has 2 fully saturated rings. The van der Waals surface area contributed by atoms with Crippen LogP contribution in [0.5, 0.6) is 11.5 Å². The summed E-state index contributed by atoms with van der Waals surface area (Å²) in [6, 6.07) is 13.2. The third kappa shape index (κ3) is 7.74. The number of anilines is 1. The minimum atomic E-state index is -0.371. The van der Waals surface area contributed by atoms with E-state index in [-0.39, 0.29) is 30.3 Å². The summed E-state index contributed by atoms with van der Waals surface area (Å²) in [5.41, 5.74) is 2.41. The van der Waals surface area contributed by atoms with Gasteiger partial charge in [-0.3, -0.25) is 14.5 Å². The lowest BCUT2D eigenvalue weighted by atomic mass is 9.95. The predicted molar refractivity (Wildman–Crippen MR) is 143 cm³/mol. The quantitative estimate of drug-likeness (QED) is 0.392. The topological polar surface area (TPSA) is 77.1 Å². The molecule has 1 N–H and O–H groups in total. The van der Waals surface area contributed by atoms with Gasteiger partial charge in [0.05, 0.1) is 39.2 Å². The standard InChI is InChI=1S/C30H36N2O5/c1-35-27-16-13-23(19-28(27)37-26-7-3-4-8-26)24(20-30(34)36-2)12-9-22-10-14-25(15-11-22)31-29(33)21-32-17-5-6-18-32/h10-11,13-16,19,24,26H,3-8,17-18,20-21H2,1-2H3,(H,31,33)/t24-/m0/s1. The van der Waals surface area contributed by atoms with Gasteiger partial charge in [-0.1, -0.05) is 17.9 Å². The van der Waals surface area contributed by atoms with Crippen LogP contribution in [0.25, 0.3) is 0 Å². The van der Waals surface area contributed by atoms with Crippen molar-refractivity contribution in [3.63, 3.8) is 0 Å². The van der Waals surface area contributed by atoms with Crippen molar-refractivity contribution >= 4 is 17.6 Å². The molecule has 1 atom stereocenters. The van der Waals surface area contributed by atoms with Gasteiger partial charge in [-0.05, 0) is 93.6 Å². The van der Waals surface area contributed by atoms with E-state index >= 15 is 0 Å². The molecule has 37 heavy (non-hydrogen) atoms. The van der Waals surface area contributed by atoms with Crippen LogP contribution < -0.4 is 14.8 Å². The molecule has 196 valence electrons. The van der Waals surface area contributed by atoms with Crippen LogP contribution in [0.4, 0.5) is 5.69 Å².